The molecule has 0 spiro atoms. The first-order valence-corrected chi connectivity index (χ1v) is 12.1. The second kappa shape index (κ2) is 9.03. The molecule has 7 nitrogen and oxygen atoms in total. The van der Waals surface area contributed by atoms with Crippen molar-refractivity contribution in [1.82, 2.24) is 9.58 Å². The number of nitrogens with zero attached hydrogens (tertiary/aromatic N) is 4. The fourth-order valence-electron chi connectivity index (χ4n) is 4.20. The highest BCUT2D eigenvalue weighted by molar-refractivity contribution is 8.27. The number of hydrogen-bond donors (Lipinski definition) is 1. The third kappa shape index (κ3) is 4.33. The van der Waals surface area contributed by atoms with Crippen molar-refractivity contribution in [3.05, 3.63) is 88.2 Å². The van der Waals surface area contributed by atoms with Gasteiger partial charge in [-0.25, -0.2) is 0 Å². The Bertz CT molecular complexity index is 1460. The third-order valence-electron chi connectivity index (χ3n) is 5.97. The van der Waals surface area contributed by atoms with Crippen LogP contribution in [0.5, 0.6) is 5.75 Å². The van der Waals surface area contributed by atoms with Gasteiger partial charge in [0.2, 0.25) is 5.17 Å². The Hall–Kier alpha value is -3.91. The number of benzene rings is 2. The van der Waals surface area contributed by atoms with Gasteiger partial charge in [0.15, 0.2) is 5.84 Å². The monoisotopic (exact) mass is 483 g/mol. The Morgan fingerprint density at radius 1 is 1.06 bits per heavy atom. The molecule has 3 aromatic rings. The van der Waals surface area contributed by atoms with Crippen LogP contribution >= 0.6 is 11.8 Å². The van der Waals surface area contributed by atoms with Gasteiger partial charge in [0.05, 0.1) is 5.57 Å². The Balaban J connectivity index is 1.41. The fraction of sp³-hybridized carbons (Fsp3) is 0.185. The molecule has 0 saturated heterocycles. The van der Waals surface area contributed by atoms with Crippen LogP contribution in [-0.4, -0.2) is 38.1 Å². The van der Waals surface area contributed by atoms with E-state index in [9.17, 15) is 4.79 Å². The van der Waals surface area contributed by atoms with E-state index >= 15 is 0 Å². The first kappa shape index (κ1) is 22.9. The number of hydrazone groups is 1. The SMILES string of the molecule is Cc1cccc(-n2c(C)cc(/C=C3\C(=N)N4N=C(COc5ccccc5C)SC4=NC3=O)c2C)c1. The Morgan fingerprint density at radius 3 is 2.63 bits per heavy atom. The standard InChI is InChI=1S/C27H25N5O2S/c1-16-8-7-10-21(12-16)31-18(3)13-20(19(31)4)14-22-25(28)32-27(29-26(22)33)35-24(30-32)15-34-23-11-6-5-9-17(23)2/h5-14,28H,15H2,1-4H3/b22-14+,28-25?. The topological polar surface area (TPSA) is 83.0 Å². The van der Waals surface area contributed by atoms with Crippen LogP contribution in [0.2, 0.25) is 0 Å². The highest BCUT2D eigenvalue weighted by Gasteiger charge is 2.36. The van der Waals surface area contributed by atoms with Gasteiger partial charge in [-0.1, -0.05) is 30.3 Å². The number of amidine groups is 2. The molecule has 2 aliphatic heterocycles. The molecule has 2 aromatic carbocycles. The van der Waals surface area contributed by atoms with Gasteiger partial charge >= 0.3 is 0 Å². The first-order valence-electron chi connectivity index (χ1n) is 11.3. The lowest BCUT2D eigenvalue weighted by molar-refractivity contribution is -0.114. The molecule has 0 radical (unpaired) electrons. The Morgan fingerprint density at radius 2 is 1.86 bits per heavy atom. The molecule has 0 fully saturated rings. The Labute approximate surface area is 208 Å². The normalized spacial score (nSPS) is 16.5. The van der Waals surface area contributed by atoms with Gasteiger partial charge in [0, 0.05) is 17.1 Å². The predicted octanol–water partition coefficient (Wildman–Crippen LogP) is 5.41. The Kier molecular flexibility index (Phi) is 5.90. The maximum absolute atomic E-state index is 12.9. The number of aryl methyl sites for hydroxylation is 3. The van der Waals surface area contributed by atoms with E-state index in [0.717, 1.165) is 34.0 Å². The van der Waals surface area contributed by atoms with Crippen LogP contribution in [0.4, 0.5) is 0 Å². The van der Waals surface area contributed by atoms with E-state index in [1.807, 2.05) is 57.2 Å². The summed E-state index contributed by atoms with van der Waals surface area (Å²) in [5.41, 5.74) is 6.38. The molecule has 3 heterocycles. The highest BCUT2D eigenvalue weighted by atomic mass is 32.2. The summed E-state index contributed by atoms with van der Waals surface area (Å²) in [5.74, 6) is 0.349. The lowest BCUT2D eigenvalue weighted by Gasteiger charge is -2.20. The maximum atomic E-state index is 12.9. The quantitative estimate of drug-likeness (QED) is 0.492. The highest BCUT2D eigenvalue weighted by Crippen LogP contribution is 2.30. The summed E-state index contributed by atoms with van der Waals surface area (Å²) in [4.78, 5) is 17.1. The molecule has 0 unspecified atom stereocenters. The van der Waals surface area contributed by atoms with E-state index in [1.54, 1.807) is 6.08 Å². The molecular formula is C27H25N5O2S. The smallest absolute Gasteiger partial charge is 0.283 e. The summed E-state index contributed by atoms with van der Waals surface area (Å²) >= 11 is 1.25. The number of ether oxygens (including phenoxy) is 1. The van der Waals surface area contributed by atoms with Crippen LogP contribution in [0.15, 0.2) is 70.3 Å². The van der Waals surface area contributed by atoms with Gasteiger partial charge in [0.25, 0.3) is 5.91 Å². The van der Waals surface area contributed by atoms with Crippen molar-refractivity contribution in [2.24, 2.45) is 10.1 Å². The third-order valence-corrected chi connectivity index (χ3v) is 6.85. The number of aliphatic imine (C=N–C) groups is 1. The number of hydrogen-bond acceptors (Lipinski definition) is 5. The molecule has 1 aromatic heterocycles. The zero-order valence-electron chi connectivity index (χ0n) is 20.0. The number of aromatic nitrogens is 1. The van der Waals surface area contributed by atoms with Crippen LogP contribution in [0, 0.1) is 33.1 Å². The molecule has 5 rings (SSSR count). The summed E-state index contributed by atoms with van der Waals surface area (Å²) in [6, 6.07) is 18.1. The average molecular weight is 484 g/mol. The zero-order valence-corrected chi connectivity index (χ0v) is 20.8. The summed E-state index contributed by atoms with van der Waals surface area (Å²) in [5, 5.41) is 15.6. The van der Waals surface area contributed by atoms with Gasteiger partial charge in [-0.15, -0.1) is 0 Å². The lowest BCUT2D eigenvalue weighted by atomic mass is 10.1. The molecule has 2 aliphatic rings. The van der Waals surface area contributed by atoms with Crippen molar-refractivity contribution < 1.29 is 9.53 Å². The molecule has 35 heavy (non-hydrogen) atoms. The van der Waals surface area contributed by atoms with E-state index < -0.39 is 5.91 Å². The fourth-order valence-corrected chi connectivity index (χ4v) is 5.00. The summed E-state index contributed by atoms with van der Waals surface area (Å²) in [6.45, 7) is 8.33. The number of nitrogens with one attached hydrogen (secondary N) is 1. The van der Waals surface area contributed by atoms with Gasteiger partial charge in [-0.05, 0) is 86.5 Å². The summed E-state index contributed by atoms with van der Waals surface area (Å²) in [7, 11) is 0. The zero-order chi connectivity index (χ0) is 24.7. The number of amides is 1. The minimum atomic E-state index is -0.439. The molecule has 0 aliphatic carbocycles. The largest absolute Gasteiger partial charge is 0.486 e. The summed E-state index contributed by atoms with van der Waals surface area (Å²) in [6.07, 6.45) is 1.74. The van der Waals surface area contributed by atoms with Crippen molar-refractivity contribution in [2.45, 2.75) is 27.7 Å². The van der Waals surface area contributed by atoms with Gasteiger partial charge in [-0.2, -0.15) is 15.1 Å². The molecule has 0 saturated carbocycles. The molecular weight excluding hydrogens is 458 g/mol. The molecule has 0 bridgehead atoms. The lowest BCUT2D eigenvalue weighted by Crippen LogP contribution is -2.35. The van der Waals surface area contributed by atoms with Crippen LogP contribution in [0.1, 0.15) is 28.1 Å². The number of thioether (sulfide) groups is 1. The van der Waals surface area contributed by atoms with Gasteiger partial charge in [-0.3, -0.25) is 10.2 Å². The van der Waals surface area contributed by atoms with E-state index in [4.69, 9.17) is 10.1 Å². The van der Waals surface area contributed by atoms with Crippen LogP contribution in [0.3, 0.4) is 0 Å². The van der Waals surface area contributed by atoms with Crippen molar-refractivity contribution >= 4 is 39.8 Å². The molecule has 176 valence electrons. The van der Waals surface area contributed by atoms with Crippen LogP contribution in [-0.2, 0) is 4.79 Å². The molecule has 0 atom stereocenters. The second-order valence-electron chi connectivity index (χ2n) is 8.57. The number of carbonyl (C=O) groups is 1. The molecule has 1 N–H and O–H groups in total. The summed E-state index contributed by atoms with van der Waals surface area (Å²) < 4.78 is 8.04. The number of para-hydroxylation sites is 1. The van der Waals surface area contributed by atoms with E-state index in [2.05, 4.69) is 39.8 Å². The van der Waals surface area contributed by atoms with Gasteiger partial charge in [0.1, 0.15) is 17.4 Å². The first-order chi connectivity index (χ1) is 16.8. The number of rotatable bonds is 5. The van der Waals surface area contributed by atoms with Crippen molar-refractivity contribution in [2.75, 3.05) is 6.61 Å². The number of carbonyl (C=O) groups excluding carboxylic acids is 1. The molecule has 1 amide bonds. The van der Waals surface area contributed by atoms with Crippen molar-refractivity contribution in [3.63, 3.8) is 0 Å². The predicted molar refractivity (Wildman–Crippen MR) is 142 cm³/mol. The van der Waals surface area contributed by atoms with Crippen molar-refractivity contribution in [1.29, 1.82) is 5.41 Å². The minimum Gasteiger partial charge on any atom is -0.486 e. The second-order valence-corrected chi connectivity index (χ2v) is 9.61. The van der Waals surface area contributed by atoms with Crippen LogP contribution in [0.25, 0.3) is 11.8 Å². The minimum absolute atomic E-state index is 0.0127. The van der Waals surface area contributed by atoms with E-state index in [1.165, 1.54) is 22.3 Å². The van der Waals surface area contributed by atoms with E-state index in [0.29, 0.717) is 10.2 Å². The van der Waals surface area contributed by atoms with Crippen LogP contribution < -0.4 is 4.74 Å². The van der Waals surface area contributed by atoms with Gasteiger partial charge < -0.3 is 9.30 Å². The number of fused-ring (bicyclic) bond motifs is 1. The maximum Gasteiger partial charge on any atom is 0.283 e. The molecule has 8 heteroatoms. The van der Waals surface area contributed by atoms with Crippen molar-refractivity contribution in [3.8, 4) is 11.4 Å². The average Bonchev–Trinajstić information content (AvgIpc) is 3.35. The van der Waals surface area contributed by atoms with E-state index in [-0.39, 0.29) is 18.0 Å².